The number of benzene rings is 1. The molecule has 1 aliphatic carbocycles. The Morgan fingerprint density at radius 1 is 1.23 bits per heavy atom. The number of halogens is 4. The lowest BCUT2D eigenvalue weighted by Gasteiger charge is -2.30. The van der Waals surface area contributed by atoms with Gasteiger partial charge in [0.1, 0.15) is 11.6 Å². The van der Waals surface area contributed by atoms with Crippen molar-refractivity contribution in [2.75, 3.05) is 25.5 Å². The van der Waals surface area contributed by atoms with Crippen LogP contribution < -0.4 is 10.6 Å². The van der Waals surface area contributed by atoms with E-state index in [-0.39, 0.29) is 25.4 Å². The molecule has 7 nitrogen and oxygen atoms in total. The molecule has 35 heavy (non-hydrogen) atoms. The summed E-state index contributed by atoms with van der Waals surface area (Å²) in [6.07, 6.45) is -2.13. The number of aromatic nitrogens is 3. The highest BCUT2D eigenvalue weighted by Crippen LogP contribution is 2.40. The van der Waals surface area contributed by atoms with Gasteiger partial charge in [-0.1, -0.05) is 17.4 Å². The van der Waals surface area contributed by atoms with Crippen molar-refractivity contribution in [3.8, 4) is 10.7 Å². The lowest BCUT2D eigenvalue weighted by atomic mass is 10.0. The van der Waals surface area contributed by atoms with E-state index in [1.165, 1.54) is 4.57 Å². The third-order valence-electron chi connectivity index (χ3n) is 6.54. The highest BCUT2D eigenvalue weighted by molar-refractivity contribution is 7.14. The van der Waals surface area contributed by atoms with Crippen molar-refractivity contribution < 1.29 is 22.4 Å². The fourth-order valence-electron chi connectivity index (χ4n) is 4.39. The van der Waals surface area contributed by atoms with Crippen LogP contribution in [0.5, 0.6) is 0 Å². The normalized spacial score (nSPS) is 18.7. The number of hydrogen-bond acceptors (Lipinski definition) is 6. The molecule has 0 unspecified atom stereocenters. The Kier molecular flexibility index (Phi) is 6.20. The van der Waals surface area contributed by atoms with E-state index in [1.807, 2.05) is 6.07 Å². The zero-order valence-corrected chi connectivity index (χ0v) is 20.0. The molecule has 0 spiro atoms. The number of carbonyl (C=O) groups excluding carboxylic acids is 1. The van der Waals surface area contributed by atoms with Crippen molar-refractivity contribution in [3.63, 3.8) is 0 Å². The molecule has 2 N–H and O–H groups in total. The van der Waals surface area contributed by atoms with Crippen LogP contribution in [0.25, 0.3) is 21.6 Å². The van der Waals surface area contributed by atoms with Gasteiger partial charge in [-0.05, 0) is 64.0 Å². The smallest absolute Gasteiger partial charge is 0.382 e. The van der Waals surface area contributed by atoms with Gasteiger partial charge in [0, 0.05) is 17.1 Å². The molecule has 0 bridgehead atoms. The molecule has 188 valence electrons. The van der Waals surface area contributed by atoms with E-state index in [0.717, 1.165) is 43.0 Å². The highest BCUT2D eigenvalue weighted by Gasteiger charge is 2.50. The average Bonchev–Trinajstić information content (AvgIpc) is 3.23. The van der Waals surface area contributed by atoms with E-state index in [4.69, 9.17) is 0 Å². The largest absolute Gasteiger partial charge is 0.406 e. The molecule has 2 aromatic heterocycles. The number of likely N-dealkylation sites (tertiary alicyclic amines) is 1. The summed E-state index contributed by atoms with van der Waals surface area (Å²) >= 11 is 1.08. The number of fused-ring (bicyclic) bond motifs is 1. The van der Waals surface area contributed by atoms with Gasteiger partial charge in [0.05, 0.1) is 17.8 Å². The molecule has 1 saturated heterocycles. The minimum atomic E-state index is -4.43. The second kappa shape index (κ2) is 9.05. The molecule has 1 saturated carbocycles. The second-order valence-electron chi connectivity index (χ2n) is 9.34. The molecule has 3 aromatic rings. The minimum Gasteiger partial charge on any atom is -0.382 e. The van der Waals surface area contributed by atoms with Crippen LogP contribution in [-0.4, -0.2) is 63.6 Å². The second-order valence-corrected chi connectivity index (χ2v) is 10.4. The summed E-state index contributed by atoms with van der Waals surface area (Å²) in [5.41, 5.74) is -0.263. The first-order valence-corrected chi connectivity index (χ1v) is 12.4. The monoisotopic (exact) mass is 510 g/mol. The predicted octanol–water partition coefficient (Wildman–Crippen LogP) is 4.35. The van der Waals surface area contributed by atoms with E-state index < -0.39 is 24.3 Å². The predicted molar refractivity (Wildman–Crippen MR) is 126 cm³/mol. The van der Waals surface area contributed by atoms with Crippen LogP contribution in [0.15, 0.2) is 24.3 Å². The van der Waals surface area contributed by atoms with Crippen LogP contribution in [0.3, 0.4) is 0 Å². The van der Waals surface area contributed by atoms with Crippen LogP contribution in [-0.2, 0) is 17.9 Å². The number of rotatable bonds is 7. The minimum absolute atomic E-state index is 0.0232. The van der Waals surface area contributed by atoms with Gasteiger partial charge < -0.3 is 20.1 Å². The van der Waals surface area contributed by atoms with Gasteiger partial charge in [-0.15, -0.1) is 10.2 Å². The van der Waals surface area contributed by atoms with Gasteiger partial charge in [0.25, 0.3) is 5.91 Å². The molecule has 12 heteroatoms. The Morgan fingerprint density at radius 2 is 1.97 bits per heavy atom. The quantitative estimate of drug-likeness (QED) is 0.463. The third-order valence-corrected chi connectivity index (χ3v) is 7.49. The first-order chi connectivity index (χ1) is 16.6. The number of amides is 1. The Labute approximate surface area is 203 Å². The zero-order chi connectivity index (χ0) is 24.8. The Bertz CT molecular complexity index is 1230. The van der Waals surface area contributed by atoms with Gasteiger partial charge in [-0.25, -0.2) is 4.39 Å². The number of alkyl halides is 4. The fraction of sp³-hybridized carbons (Fsp3) is 0.522. The van der Waals surface area contributed by atoms with Crippen LogP contribution in [0.2, 0.25) is 0 Å². The van der Waals surface area contributed by atoms with E-state index in [2.05, 4.69) is 32.8 Å². The maximum atomic E-state index is 13.9. The lowest BCUT2D eigenvalue weighted by Crippen LogP contribution is -2.36. The highest BCUT2D eigenvalue weighted by atomic mass is 32.1. The maximum absolute atomic E-state index is 13.9. The van der Waals surface area contributed by atoms with Crippen molar-refractivity contribution in [2.24, 2.45) is 0 Å². The number of carbonyl (C=O) groups is 1. The first kappa shape index (κ1) is 24.0. The summed E-state index contributed by atoms with van der Waals surface area (Å²) in [7, 11) is 2.07. The van der Waals surface area contributed by atoms with Crippen LogP contribution in [0.1, 0.15) is 30.7 Å². The summed E-state index contributed by atoms with van der Waals surface area (Å²) in [6.45, 7) is 0.730. The summed E-state index contributed by atoms with van der Waals surface area (Å²) in [5, 5.41) is 15.5. The van der Waals surface area contributed by atoms with Crippen LogP contribution in [0, 0.1) is 0 Å². The van der Waals surface area contributed by atoms with Gasteiger partial charge in [0.2, 0.25) is 0 Å². The van der Waals surface area contributed by atoms with Gasteiger partial charge in [-0.2, -0.15) is 13.2 Å². The average molecular weight is 511 g/mol. The number of nitrogens with one attached hydrogen (secondary N) is 2. The van der Waals surface area contributed by atoms with Crippen molar-refractivity contribution in [1.29, 1.82) is 0 Å². The molecule has 1 amide bonds. The van der Waals surface area contributed by atoms with E-state index in [0.29, 0.717) is 26.6 Å². The van der Waals surface area contributed by atoms with Crippen molar-refractivity contribution in [2.45, 2.75) is 56.7 Å². The molecule has 1 aliphatic heterocycles. The molecular weight excluding hydrogens is 484 g/mol. The Hall–Kier alpha value is -2.73. The molecule has 2 fully saturated rings. The van der Waals surface area contributed by atoms with Crippen LogP contribution >= 0.6 is 11.3 Å². The lowest BCUT2D eigenvalue weighted by molar-refractivity contribution is -0.139. The van der Waals surface area contributed by atoms with Gasteiger partial charge in [0.15, 0.2) is 10.7 Å². The summed E-state index contributed by atoms with van der Waals surface area (Å²) < 4.78 is 55.6. The number of piperidine rings is 1. The van der Waals surface area contributed by atoms with E-state index in [9.17, 15) is 22.4 Å². The SMILES string of the molecule is CN1CCC(Nc2cccc3c2cc(-c2nnc(CNC(=O)C4(F)CC4)s2)n3CC(F)(F)F)CC1. The summed E-state index contributed by atoms with van der Waals surface area (Å²) in [6, 6.07) is 7.26. The van der Waals surface area contributed by atoms with Crippen molar-refractivity contribution in [1.82, 2.24) is 25.0 Å². The standard InChI is InChI=1S/C23H26F4N6OS/c1-32-9-5-14(6-10-32)29-16-3-2-4-17-15(16)11-18(33(17)13-23(25,26)27)20-31-30-19(35-20)12-28-21(34)22(24)7-8-22/h2-4,11,14,29H,5-10,12-13H2,1H3,(H,28,34). The molecule has 3 heterocycles. The number of hydrogen-bond donors (Lipinski definition) is 2. The molecule has 2 aliphatic rings. The molecule has 0 radical (unpaired) electrons. The third kappa shape index (κ3) is 5.27. The van der Waals surface area contributed by atoms with Crippen LogP contribution in [0.4, 0.5) is 23.2 Å². The van der Waals surface area contributed by atoms with E-state index >= 15 is 0 Å². The van der Waals surface area contributed by atoms with Gasteiger partial charge >= 0.3 is 6.18 Å². The number of anilines is 1. The van der Waals surface area contributed by atoms with Crippen molar-refractivity contribution >= 4 is 33.8 Å². The van der Waals surface area contributed by atoms with Crippen molar-refractivity contribution in [3.05, 3.63) is 29.3 Å². The van der Waals surface area contributed by atoms with E-state index in [1.54, 1.807) is 18.2 Å². The molecule has 5 rings (SSSR count). The Balaban J connectivity index is 1.44. The molecular formula is C23H26F4N6OS. The zero-order valence-electron chi connectivity index (χ0n) is 19.2. The topological polar surface area (TPSA) is 75.1 Å². The molecule has 0 atom stereocenters. The summed E-state index contributed by atoms with van der Waals surface area (Å²) in [4.78, 5) is 14.1. The fourth-order valence-corrected chi connectivity index (χ4v) is 5.19. The first-order valence-electron chi connectivity index (χ1n) is 11.6. The number of nitrogens with zero attached hydrogens (tertiary/aromatic N) is 4. The summed E-state index contributed by atoms with van der Waals surface area (Å²) in [5.74, 6) is -0.690. The Morgan fingerprint density at radius 3 is 2.66 bits per heavy atom. The maximum Gasteiger partial charge on any atom is 0.406 e. The molecule has 1 aromatic carbocycles. The van der Waals surface area contributed by atoms with Gasteiger partial charge in [-0.3, -0.25) is 4.79 Å².